The molecule has 0 heterocycles. The van der Waals surface area contributed by atoms with Gasteiger partial charge in [-0.15, -0.1) is 0 Å². The van der Waals surface area contributed by atoms with Crippen molar-refractivity contribution in [2.24, 2.45) is 0 Å². The predicted molar refractivity (Wildman–Crippen MR) is 114 cm³/mol. The number of carbonyl (C=O) groups excluding carboxylic acids is 2. The van der Waals surface area contributed by atoms with E-state index in [1.165, 1.54) is 0 Å². The van der Waals surface area contributed by atoms with E-state index < -0.39 is 6.09 Å². The van der Waals surface area contributed by atoms with Crippen LogP contribution in [0, 0.1) is 5.41 Å². The lowest BCUT2D eigenvalue weighted by Crippen LogP contribution is -2.30. The molecule has 0 fully saturated rings. The fourth-order valence-corrected chi connectivity index (χ4v) is 2.62. The van der Waals surface area contributed by atoms with Gasteiger partial charge in [0.05, 0.1) is 13.2 Å². The van der Waals surface area contributed by atoms with Gasteiger partial charge in [0, 0.05) is 12.0 Å². The molecule has 0 atom stereocenters. The van der Waals surface area contributed by atoms with Crippen LogP contribution in [0.3, 0.4) is 0 Å². The molecule has 0 saturated carbocycles. The summed E-state index contributed by atoms with van der Waals surface area (Å²) < 4.78 is 15.7. The molecule has 7 nitrogen and oxygen atoms in total. The van der Waals surface area contributed by atoms with Crippen molar-refractivity contribution in [2.75, 3.05) is 13.2 Å². The molecule has 0 unspecified atom stereocenters. The number of hydrogen-bond donors (Lipinski definition) is 2. The number of ether oxygens (including phenoxy) is 3. The summed E-state index contributed by atoms with van der Waals surface area (Å²) in [4.78, 5) is 23.1. The average molecular weight is 412 g/mol. The number of unbranched alkanes of at least 4 members (excludes halogenated alkanes) is 2. The standard InChI is InChI=1S/C23H28N2O5/c1-2-28-21(26)11-7-4-8-16-29-20-14-12-19(13-15-20)22(24)25-23(27)30-17-18-9-5-3-6-10-18/h3,5-6,9-10,12-15H,2,4,7-8,11,16-17H2,1H3,(H2,24,25,27). The second kappa shape index (κ2) is 13.0. The molecule has 30 heavy (non-hydrogen) atoms. The summed E-state index contributed by atoms with van der Waals surface area (Å²) in [5.41, 5.74) is 1.43. The highest BCUT2D eigenvalue weighted by Crippen LogP contribution is 2.13. The van der Waals surface area contributed by atoms with E-state index in [1.54, 1.807) is 31.2 Å². The molecule has 0 aliphatic heterocycles. The molecule has 2 N–H and O–H groups in total. The Balaban J connectivity index is 1.64. The van der Waals surface area contributed by atoms with E-state index in [4.69, 9.17) is 19.6 Å². The van der Waals surface area contributed by atoms with Crippen molar-refractivity contribution in [1.82, 2.24) is 5.32 Å². The Bertz CT molecular complexity index is 806. The first-order valence-corrected chi connectivity index (χ1v) is 10.0. The predicted octanol–water partition coefficient (Wildman–Crippen LogP) is 4.44. The number of carbonyl (C=O) groups is 2. The number of amides is 1. The number of nitrogens with one attached hydrogen (secondary N) is 2. The minimum absolute atomic E-state index is 0.0430. The van der Waals surface area contributed by atoms with Gasteiger partial charge in [-0.3, -0.25) is 15.5 Å². The Labute approximate surface area is 176 Å². The molecule has 2 rings (SSSR count). The number of benzene rings is 2. The molecule has 0 radical (unpaired) electrons. The SMILES string of the molecule is CCOC(=O)CCCCCOc1ccc(C(=N)NC(=O)OCc2ccccc2)cc1. The first-order chi connectivity index (χ1) is 14.6. The Hall–Kier alpha value is -3.35. The number of esters is 1. The summed E-state index contributed by atoms with van der Waals surface area (Å²) in [6, 6.07) is 16.2. The zero-order valence-corrected chi connectivity index (χ0v) is 17.2. The Morgan fingerprint density at radius 1 is 0.933 bits per heavy atom. The largest absolute Gasteiger partial charge is 0.494 e. The zero-order valence-electron chi connectivity index (χ0n) is 17.2. The van der Waals surface area contributed by atoms with E-state index in [0.717, 1.165) is 24.8 Å². The van der Waals surface area contributed by atoms with E-state index in [0.29, 0.717) is 30.9 Å². The molecule has 0 spiro atoms. The van der Waals surface area contributed by atoms with Gasteiger partial charge in [-0.25, -0.2) is 4.79 Å². The van der Waals surface area contributed by atoms with E-state index in [9.17, 15) is 9.59 Å². The molecule has 0 aliphatic rings. The lowest BCUT2D eigenvalue weighted by atomic mass is 10.2. The smallest absolute Gasteiger partial charge is 0.413 e. The molecule has 0 saturated heterocycles. The molecule has 1 amide bonds. The summed E-state index contributed by atoms with van der Waals surface area (Å²) in [5, 5.41) is 10.4. The normalized spacial score (nSPS) is 10.2. The van der Waals surface area contributed by atoms with Gasteiger partial charge in [0.15, 0.2) is 0 Å². The van der Waals surface area contributed by atoms with Gasteiger partial charge in [-0.05, 0) is 56.0 Å². The average Bonchev–Trinajstić information content (AvgIpc) is 2.76. The zero-order chi connectivity index (χ0) is 21.6. The van der Waals surface area contributed by atoms with Gasteiger partial charge in [0.2, 0.25) is 0 Å². The molecule has 0 bridgehead atoms. The van der Waals surface area contributed by atoms with Crippen molar-refractivity contribution in [2.45, 2.75) is 39.2 Å². The number of hydrogen-bond acceptors (Lipinski definition) is 6. The van der Waals surface area contributed by atoms with Gasteiger partial charge in [-0.2, -0.15) is 0 Å². The number of rotatable bonds is 11. The maximum atomic E-state index is 11.8. The van der Waals surface area contributed by atoms with Crippen LogP contribution in [-0.4, -0.2) is 31.1 Å². The van der Waals surface area contributed by atoms with Crippen molar-refractivity contribution >= 4 is 17.9 Å². The summed E-state index contributed by atoms with van der Waals surface area (Å²) in [6.07, 6.45) is 2.27. The first-order valence-electron chi connectivity index (χ1n) is 10.0. The lowest BCUT2D eigenvalue weighted by molar-refractivity contribution is -0.143. The Morgan fingerprint density at radius 2 is 1.67 bits per heavy atom. The van der Waals surface area contributed by atoms with E-state index in [2.05, 4.69) is 5.32 Å². The molecule has 7 heteroatoms. The van der Waals surface area contributed by atoms with Crippen LogP contribution in [0.2, 0.25) is 0 Å². The van der Waals surface area contributed by atoms with Gasteiger partial charge in [0.1, 0.15) is 18.2 Å². The highest BCUT2D eigenvalue weighted by atomic mass is 16.5. The molecular weight excluding hydrogens is 384 g/mol. The van der Waals surface area contributed by atoms with Gasteiger partial charge in [-0.1, -0.05) is 30.3 Å². The third-order valence-electron chi connectivity index (χ3n) is 4.18. The number of amidine groups is 1. The Kier molecular flexibility index (Phi) is 9.92. The van der Waals surface area contributed by atoms with Crippen molar-refractivity contribution < 1.29 is 23.8 Å². The van der Waals surface area contributed by atoms with Crippen LogP contribution in [0.15, 0.2) is 54.6 Å². The van der Waals surface area contributed by atoms with Crippen molar-refractivity contribution in [3.63, 3.8) is 0 Å². The second-order valence-electron chi connectivity index (χ2n) is 6.55. The second-order valence-corrected chi connectivity index (χ2v) is 6.55. The van der Waals surface area contributed by atoms with Gasteiger partial charge >= 0.3 is 12.1 Å². The third-order valence-corrected chi connectivity index (χ3v) is 4.18. The van der Waals surface area contributed by atoms with Crippen LogP contribution >= 0.6 is 0 Å². The van der Waals surface area contributed by atoms with Crippen LogP contribution < -0.4 is 10.1 Å². The van der Waals surface area contributed by atoms with Crippen molar-refractivity contribution in [3.8, 4) is 5.75 Å². The monoisotopic (exact) mass is 412 g/mol. The van der Waals surface area contributed by atoms with Crippen LogP contribution in [0.25, 0.3) is 0 Å². The fourth-order valence-electron chi connectivity index (χ4n) is 2.62. The summed E-state index contributed by atoms with van der Waals surface area (Å²) >= 11 is 0. The molecule has 160 valence electrons. The van der Waals surface area contributed by atoms with Crippen molar-refractivity contribution in [3.05, 3.63) is 65.7 Å². The third kappa shape index (κ3) is 8.77. The molecule has 2 aromatic rings. The van der Waals surface area contributed by atoms with Crippen LogP contribution in [0.5, 0.6) is 5.75 Å². The summed E-state index contributed by atoms with van der Waals surface area (Å²) in [7, 11) is 0. The number of alkyl carbamates (subject to hydrolysis) is 1. The maximum absolute atomic E-state index is 11.8. The quantitative estimate of drug-likeness (QED) is 0.246. The fraction of sp³-hybridized carbons (Fsp3) is 0.348. The Morgan fingerprint density at radius 3 is 2.37 bits per heavy atom. The van der Waals surface area contributed by atoms with Crippen LogP contribution in [0.1, 0.15) is 43.7 Å². The lowest BCUT2D eigenvalue weighted by Gasteiger charge is -2.10. The van der Waals surface area contributed by atoms with E-state index in [1.807, 2.05) is 30.3 Å². The molecular formula is C23H28N2O5. The maximum Gasteiger partial charge on any atom is 0.413 e. The highest BCUT2D eigenvalue weighted by Gasteiger charge is 2.08. The molecule has 0 aliphatic carbocycles. The van der Waals surface area contributed by atoms with Crippen LogP contribution in [0.4, 0.5) is 4.79 Å². The minimum Gasteiger partial charge on any atom is -0.494 e. The van der Waals surface area contributed by atoms with Gasteiger partial charge < -0.3 is 14.2 Å². The van der Waals surface area contributed by atoms with E-state index >= 15 is 0 Å². The minimum atomic E-state index is -0.674. The van der Waals surface area contributed by atoms with Crippen LogP contribution in [-0.2, 0) is 20.9 Å². The first kappa shape index (κ1) is 22.9. The highest BCUT2D eigenvalue weighted by molar-refractivity contribution is 6.04. The summed E-state index contributed by atoms with van der Waals surface area (Å²) in [6.45, 7) is 2.90. The summed E-state index contributed by atoms with van der Waals surface area (Å²) in [5.74, 6) is 0.483. The van der Waals surface area contributed by atoms with E-state index in [-0.39, 0.29) is 18.4 Å². The molecule has 0 aromatic heterocycles. The topological polar surface area (TPSA) is 97.7 Å². The van der Waals surface area contributed by atoms with Gasteiger partial charge in [0.25, 0.3) is 0 Å². The molecule has 2 aromatic carbocycles. The van der Waals surface area contributed by atoms with Crippen molar-refractivity contribution in [1.29, 1.82) is 5.41 Å².